The molecule has 0 spiro atoms. The molecule has 2 rings (SSSR count). The molecule has 0 unspecified atom stereocenters. The Morgan fingerprint density at radius 1 is 1.30 bits per heavy atom. The largest absolute Gasteiger partial charge is 0.454 e. The highest BCUT2D eigenvalue weighted by molar-refractivity contribution is 7.98. The number of amides is 3. The van der Waals surface area contributed by atoms with Crippen molar-refractivity contribution in [2.45, 2.75) is 18.9 Å². The summed E-state index contributed by atoms with van der Waals surface area (Å²) < 4.78 is 4.99. The van der Waals surface area contributed by atoms with Crippen molar-refractivity contribution < 1.29 is 19.1 Å². The summed E-state index contributed by atoms with van der Waals surface area (Å²) in [5.74, 6) is -0.419. The molecule has 0 saturated heterocycles. The van der Waals surface area contributed by atoms with Crippen LogP contribution in [0.3, 0.4) is 0 Å². The average molecular weight is 392 g/mol. The molecule has 9 heteroatoms. The Kier molecular flexibility index (Phi) is 8.00. The minimum Gasteiger partial charge on any atom is -0.454 e. The van der Waals surface area contributed by atoms with E-state index in [-0.39, 0.29) is 0 Å². The first-order valence-corrected chi connectivity index (χ1v) is 9.94. The van der Waals surface area contributed by atoms with Crippen molar-refractivity contribution >= 4 is 40.6 Å². The van der Waals surface area contributed by atoms with E-state index in [0.29, 0.717) is 25.1 Å². The van der Waals surface area contributed by atoms with E-state index in [2.05, 4.69) is 15.6 Å². The van der Waals surface area contributed by atoms with Crippen LogP contribution in [0.15, 0.2) is 30.5 Å². The second-order valence-corrected chi connectivity index (χ2v) is 6.90. The van der Waals surface area contributed by atoms with Gasteiger partial charge in [0.2, 0.25) is 0 Å². The number of carbonyl (C=O) groups excluding carboxylic acids is 3. The number of benzene rings is 1. The molecule has 1 aromatic carbocycles. The van der Waals surface area contributed by atoms with E-state index in [1.807, 2.05) is 36.7 Å². The van der Waals surface area contributed by atoms with Crippen molar-refractivity contribution in [3.05, 3.63) is 36.0 Å². The van der Waals surface area contributed by atoms with Crippen LogP contribution >= 0.6 is 11.8 Å². The topological polar surface area (TPSA) is 126 Å². The van der Waals surface area contributed by atoms with E-state index in [1.165, 1.54) is 11.8 Å². The fourth-order valence-electron chi connectivity index (χ4n) is 2.62. The molecule has 8 nitrogen and oxygen atoms in total. The summed E-state index contributed by atoms with van der Waals surface area (Å²) in [6.45, 7) is 0.0244. The van der Waals surface area contributed by atoms with Crippen molar-refractivity contribution in [3.8, 4) is 0 Å². The number of esters is 1. The number of carbonyl (C=O) groups is 3. The van der Waals surface area contributed by atoms with Gasteiger partial charge in [0.25, 0.3) is 5.91 Å². The Morgan fingerprint density at radius 3 is 2.81 bits per heavy atom. The standard InChI is InChI=1S/C18H24N4O4S/c1-27-9-7-15(22-18(19)25)17(24)26-11-16(23)20-8-6-12-10-21-14-5-3-2-4-13(12)14/h2-5,10,15,21H,6-9,11H2,1H3,(H,20,23)(H3,19,22,25)/t15-/m0/s1. The van der Waals surface area contributed by atoms with E-state index in [1.54, 1.807) is 0 Å². The molecular formula is C18H24N4O4S. The number of urea groups is 1. The highest BCUT2D eigenvalue weighted by atomic mass is 32.2. The van der Waals surface area contributed by atoms with Crippen LogP contribution in [0.5, 0.6) is 0 Å². The van der Waals surface area contributed by atoms with Gasteiger partial charge in [-0.05, 0) is 36.5 Å². The zero-order chi connectivity index (χ0) is 19.6. The molecule has 1 atom stereocenters. The molecule has 0 fully saturated rings. The Labute approximate surface area is 161 Å². The predicted octanol–water partition coefficient (Wildman–Crippen LogP) is 1.16. The fourth-order valence-corrected chi connectivity index (χ4v) is 3.09. The first kappa shape index (κ1) is 20.6. The number of nitrogens with two attached hydrogens (primary N) is 1. The van der Waals surface area contributed by atoms with Gasteiger partial charge in [-0.15, -0.1) is 0 Å². The van der Waals surface area contributed by atoms with Crippen molar-refractivity contribution in [1.82, 2.24) is 15.6 Å². The van der Waals surface area contributed by atoms with Crippen LogP contribution in [0.2, 0.25) is 0 Å². The molecule has 0 aliphatic carbocycles. The number of aromatic nitrogens is 1. The zero-order valence-electron chi connectivity index (χ0n) is 15.1. The van der Waals surface area contributed by atoms with Crippen LogP contribution in [-0.2, 0) is 20.7 Å². The monoisotopic (exact) mass is 392 g/mol. The van der Waals surface area contributed by atoms with Crippen molar-refractivity contribution in [3.63, 3.8) is 0 Å². The number of aromatic amines is 1. The molecule has 2 aromatic rings. The predicted molar refractivity (Wildman–Crippen MR) is 105 cm³/mol. The Hall–Kier alpha value is -2.68. The lowest BCUT2D eigenvalue weighted by Gasteiger charge is -2.15. The van der Waals surface area contributed by atoms with Gasteiger partial charge in [-0.2, -0.15) is 11.8 Å². The second-order valence-electron chi connectivity index (χ2n) is 5.91. The maximum Gasteiger partial charge on any atom is 0.329 e. The van der Waals surface area contributed by atoms with Gasteiger partial charge in [-0.1, -0.05) is 18.2 Å². The summed E-state index contributed by atoms with van der Waals surface area (Å²) in [5, 5.41) is 6.17. The van der Waals surface area contributed by atoms with Gasteiger partial charge < -0.3 is 26.1 Å². The highest BCUT2D eigenvalue weighted by Crippen LogP contribution is 2.17. The van der Waals surface area contributed by atoms with Gasteiger partial charge in [0.05, 0.1) is 0 Å². The van der Waals surface area contributed by atoms with Gasteiger partial charge in [-0.3, -0.25) is 4.79 Å². The van der Waals surface area contributed by atoms with Crippen LogP contribution in [0.1, 0.15) is 12.0 Å². The summed E-state index contributed by atoms with van der Waals surface area (Å²) in [7, 11) is 0. The average Bonchev–Trinajstić information content (AvgIpc) is 3.06. The highest BCUT2D eigenvalue weighted by Gasteiger charge is 2.21. The van der Waals surface area contributed by atoms with E-state index < -0.39 is 30.6 Å². The van der Waals surface area contributed by atoms with Crippen LogP contribution in [0.4, 0.5) is 4.79 Å². The number of nitrogens with one attached hydrogen (secondary N) is 3. The van der Waals surface area contributed by atoms with Crippen LogP contribution < -0.4 is 16.4 Å². The number of primary amides is 1. The first-order valence-electron chi connectivity index (χ1n) is 8.54. The normalized spacial score (nSPS) is 11.7. The summed E-state index contributed by atoms with van der Waals surface area (Å²) in [5.41, 5.74) is 7.21. The molecule has 0 aliphatic heterocycles. The Bertz CT molecular complexity index is 793. The molecule has 1 aromatic heterocycles. The molecule has 0 aliphatic rings. The third-order valence-corrected chi connectivity index (χ3v) is 4.59. The number of hydrogen-bond donors (Lipinski definition) is 4. The molecule has 5 N–H and O–H groups in total. The minimum absolute atomic E-state index is 0.380. The number of H-pyrrole nitrogens is 1. The number of hydrogen-bond acceptors (Lipinski definition) is 5. The molecule has 1 heterocycles. The smallest absolute Gasteiger partial charge is 0.329 e. The molecule has 27 heavy (non-hydrogen) atoms. The maximum absolute atomic E-state index is 12.0. The minimum atomic E-state index is -0.853. The number of rotatable bonds is 10. The summed E-state index contributed by atoms with van der Waals surface area (Å²) >= 11 is 1.53. The zero-order valence-corrected chi connectivity index (χ0v) is 15.9. The van der Waals surface area contributed by atoms with Gasteiger partial charge in [0.15, 0.2) is 6.61 Å². The van der Waals surface area contributed by atoms with Crippen LogP contribution in [-0.4, -0.2) is 54.1 Å². The van der Waals surface area contributed by atoms with E-state index >= 15 is 0 Å². The number of thioether (sulfide) groups is 1. The number of fused-ring (bicyclic) bond motifs is 1. The molecule has 3 amide bonds. The van der Waals surface area contributed by atoms with Crippen LogP contribution in [0, 0.1) is 0 Å². The van der Waals surface area contributed by atoms with Crippen molar-refractivity contribution in [1.29, 1.82) is 0 Å². The van der Waals surface area contributed by atoms with Gasteiger partial charge in [0, 0.05) is 23.6 Å². The number of para-hydroxylation sites is 1. The van der Waals surface area contributed by atoms with Gasteiger partial charge in [0.1, 0.15) is 6.04 Å². The maximum atomic E-state index is 12.0. The third-order valence-electron chi connectivity index (χ3n) is 3.95. The summed E-state index contributed by atoms with van der Waals surface area (Å²) in [4.78, 5) is 38.1. The quantitative estimate of drug-likeness (QED) is 0.451. The van der Waals surface area contributed by atoms with Crippen molar-refractivity contribution in [2.24, 2.45) is 5.73 Å². The molecule has 0 radical (unpaired) electrons. The van der Waals surface area contributed by atoms with Gasteiger partial charge in [-0.25, -0.2) is 9.59 Å². The van der Waals surface area contributed by atoms with Crippen molar-refractivity contribution in [2.75, 3.05) is 25.2 Å². The SMILES string of the molecule is CSCC[C@H](NC(N)=O)C(=O)OCC(=O)NCCc1c[nH]c2ccccc12. The fraction of sp³-hybridized carbons (Fsp3) is 0.389. The lowest BCUT2D eigenvalue weighted by Crippen LogP contribution is -2.45. The van der Waals surface area contributed by atoms with E-state index in [4.69, 9.17) is 10.5 Å². The molecule has 146 valence electrons. The Morgan fingerprint density at radius 2 is 2.07 bits per heavy atom. The van der Waals surface area contributed by atoms with Gasteiger partial charge >= 0.3 is 12.0 Å². The molecule has 0 bridgehead atoms. The lowest BCUT2D eigenvalue weighted by atomic mass is 10.1. The molecular weight excluding hydrogens is 368 g/mol. The summed E-state index contributed by atoms with van der Waals surface area (Å²) in [6, 6.07) is 6.27. The first-order chi connectivity index (χ1) is 13.0. The van der Waals surface area contributed by atoms with Crippen LogP contribution in [0.25, 0.3) is 10.9 Å². The third kappa shape index (κ3) is 6.52. The second kappa shape index (κ2) is 10.5. The molecule has 0 saturated carbocycles. The van der Waals surface area contributed by atoms with E-state index in [9.17, 15) is 14.4 Å². The Balaban J connectivity index is 1.74. The lowest BCUT2D eigenvalue weighted by molar-refractivity contribution is -0.150. The summed E-state index contributed by atoms with van der Waals surface area (Å²) in [6.07, 6.45) is 4.84. The van der Waals surface area contributed by atoms with E-state index in [0.717, 1.165) is 16.5 Å². The number of ether oxygens (including phenoxy) is 1.